The molecule has 0 bridgehead atoms. The summed E-state index contributed by atoms with van der Waals surface area (Å²) in [5.74, 6) is 0.888. The van der Waals surface area contributed by atoms with Crippen LogP contribution in [0.15, 0.2) is 53.3 Å². The molecule has 12 heteroatoms. The van der Waals surface area contributed by atoms with Crippen LogP contribution in [0.4, 0.5) is 15.9 Å². The van der Waals surface area contributed by atoms with Gasteiger partial charge in [0.15, 0.2) is 11.7 Å². The Hall–Kier alpha value is -4.71. The van der Waals surface area contributed by atoms with Gasteiger partial charge in [-0.2, -0.15) is 4.98 Å². The predicted octanol–water partition coefficient (Wildman–Crippen LogP) is 3.60. The monoisotopic (exact) mass is 527 g/mol. The van der Waals surface area contributed by atoms with Crippen molar-refractivity contribution in [1.82, 2.24) is 34.4 Å². The first-order valence-electron chi connectivity index (χ1n) is 12.5. The van der Waals surface area contributed by atoms with Gasteiger partial charge in [-0.3, -0.25) is 4.79 Å². The van der Waals surface area contributed by atoms with E-state index in [4.69, 9.17) is 4.42 Å². The van der Waals surface area contributed by atoms with E-state index in [0.717, 1.165) is 43.1 Å². The standard InChI is InChI=1S/C27H26FN9O2/c1-16-24(39-17(2)31-16)26(38)32-20-5-6-22(28)21(12-20)25-33-27-30-14-19(15-37(27)34-25)18-4-7-23(29-13-18)36-10-8-35(3)9-11-36/h4-7,12-15H,8-11H2,1-3H3,(H,32,38). The van der Waals surface area contributed by atoms with E-state index >= 15 is 0 Å². The molecule has 11 nitrogen and oxygen atoms in total. The Morgan fingerprint density at radius 1 is 1.00 bits per heavy atom. The molecule has 39 heavy (non-hydrogen) atoms. The summed E-state index contributed by atoms with van der Waals surface area (Å²) in [6.45, 7) is 7.25. The molecule has 1 fully saturated rings. The van der Waals surface area contributed by atoms with E-state index in [1.165, 1.54) is 22.7 Å². The number of halogens is 1. The number of fused-ring (bicyclic) bond motifs is 1. The number of benzene rings is 1. The first-order chi connectivity index (χ1) is 18.8. The zero-order valence-electron chi connectivity index (χ0n) is 21.7. The predicted molar refractivity (Wildman–Crippen MR) is 143 cm³/mol. The second kappa shape index (κ2) is 9.87. The topological polar surface area (TPSA) is 118 Å². The normalized spacial score (nSPS) is 14.2. The third-order valence-corrected chi connectivity index (χ3v) is 6.68. The van der Waals surface area contributed by atoms with Gasteiger partial charge in [0.2, 0.25) is 5.76 Å². The number of aromatic nitrogens is 6. The van der Waals surface area contributed by atoms with Crippen molar-refractivity contribution in [2.75, 3.05) is 43.4 Å². The average molecular weight is 528 g/mol. The summed E-state index contributed by atoms with van der Waals surface area (Å²) < 4.78 is 21.7. The van der Waals surface area contributed by atoms with Crippen LogP contribution in [0.5, 0.6) is 0 Å². The minimum absolute atomic E-state index is 0.104. The number of hydrogen-bond donors (Lipinski definition) is 1. The maximum absolute atomic E-state index is 14.8. The fourth-order valence-corrected chi connectivity index (χ4v) is 4.53. The largest absolute Gasteiger partial charge is 0.436 e. The van der Waals surface area contributed by atoms with Crippen LogP contribution < -0.4 is 10.2 Å². The van der Waals surface area contributed by atoms with Crippen LogP contribution in [-0.4, -0.2) is 73.6 Å². The molecule has 0 spiro atoms. The molecule has 0 saturated carbocycles. The first-order valence-corrected chi connectivity index (χ1v) is 12.5. The van der Waals surface area contributed by atoms with E-state index in [0.29, 0.717) is 23.0 Å². The van der Waals surface area contributed by atoms with Gasteiger partial charge in [0.25, 0.3) is 11.7 Å². The van der Waals surface area contributed by atoms with Crippen molar-refractivity contribution in [3.05, 3.63) is 72.1 Å². The quantitative estimate of drug-likeness (QED) is 0.366. The van der Waals surface area contributed by atoms with Crippen LogP contribution in [0.2, 0.25) is 0 Å². The van der Waals surface area contributed by atoms with Crippen molar-refractivity contribution in [3.63, 3.8) is 0 Å². The van der Waals surface area contributed by atoms with Crippen LogP contribution in [0.3, 0.4) is 0 Å². The van der Waals surface area contributed by atoms with Crippen molar-refractivity contribution in [1.29, 1.82) is 0 Å². The van der Waals surface area contributed by atoms with E-state index in [2.05, 4.69) is 47.2 Å². The molecule has 1 amide bonds. The van der Waals surface area contributed by atoms with Crippen molar-refractivity contribution >= 4 is 23.2 Å². The summed E-state index contributed by atoms with van der Waals surface area (Å²) in [7, 11) is 2.12. The summed E-state index contributed by atoms with van der Waals surface area (Å²) in [4.78, 5) is 34.8. The Morgan fingerprint density at radius 2 is 1.79 bits per heavy atom. The van der Waals surface area contributed by atoms with Crippen LogP contribution in [0, 0.1) is 19.7 Å². The minimum Gasteiger partial charge on any atom is -0.436 e. The van der Waals surface area contributed by atoms with Gasteiger partial charge >= 0.3 is 0 Å². The third kappa shape index (κ3) is 4.93. The molecule has 5 heterocycles. The van der Waals surface area contributed by atoms with Crippen molar-refractivity contribution in [2.45, 2.75) is 13.8 Å². The highest BCUT2D eigenvalue weighted by molar-refractivity contribution is 6.03. The second-order valence-electron chi connectivity index (χ2n) is 9.51. The SMILES string of the molecule is Cc1nc(C)c(C(=O)Nc2ccc(F)c(-c3nc4ncc(-c5ccc(N6CCN(C)CC6)nc5)cn4n3)c2)o1. The third-order valence-electron chi connectivity index (χ3n) is 6.68. The number of hydrogen-bond acceptors (Lipinski definition) is 9. The molecule has 1 N–H and O–H groups in total. The zero-order valence-corrected chi connectivity index (χ0v) is 21.7. The Labute approximate surface area is 223 Å². The number of pyridine rings is 1. The lowest BCUT2D eigenvalue weighted by Crippen LogP contribution is -2.44. The van der Waals surface area contributed by atoms with Gasteiger partial charge in [-0.1, -0.05) is 0 Å². The van der Waals surface area contributed by atoms with E-state index in [-0.39, 0.29) is 17.1 Å². The summed E-state index contributed by atoms with van der Waals surface area (Å²) in [5, 5.41) is 7.17. The number of carbonyl (C=O) groups is 1. The number of anilines is 2. The fraction of sp³-hybridized carbons (Fsp3) is 0.259. The molecule has 1 aromatic carbocycles. The van der Waals surface area contributed by atoms with Gasteiger partial charge in [-0.25, -0.2) is 23.9 Å². The summed E-state index contributed by atoms with van der Waals surface area (Å²) in [5.41, 5.74) is 2.65. The molecule has 1 aliphatic heterocycles. The Morgan fingerprint density at radius 3 is 2.51 bits per heavy atom. The average Bonchev–Trinajstić information content (AvgIpc) is 3.52. The van der Waals surface area contributed by atoms with Gasteiger partial charge in [0.05, 0.1) is 11.3 Å². The number of carbonyl (C=O) groups excluding carboxylic acids is 1. The van der Waals surface area contributed by atoms with Gasteiger partial charge in [-0.05, 0) is 44.3 Å². The number of likely N-dealkylation sites (N-methyl/N-ethyl adjacent to an activating group) is 1. The first kappa shape index (κ1) is 24.6. The number of rotatable bonds is 5. The van der Waals surface area contributed by atoms with Gasteiger partial charge in [0, 0.05) is 68.5 Å². The highest BCUT2D eigenvalue weighted by atomic mass is 19.1. The van der Waals surface area contributed by atoms with Crippen LogP contribution in [-0.2, 0) is 0 Å². The molecule has 5 aromatic rings. The highest BCUT2D eigenvalue weighted by Crippen LogP contribution is 2.26. The smallest absolute Gasteiger partial charge is 0.293 e. The lowest BCUT2D eigenvalue weighted by Gasteiger charge is -2.33. The maximum atomic E-state index is 14.8. The fourth-order valence-electron chi connectivity index (χ4n) is 4.53. The summed E-state index contributed by atoms with van der Waals surface area (Å²) >= 11 is 0. The van der Waals surface area contributed by atoms with E-state index in [1.54, 1.807) is 26.2 Å². The van der Waals surface area contributed by atoms with Crippen LogP contribution in [0.25, 0.3) is 28.3 Å². The second-order valence-corrected chi connectivity index (χ2v) is 9.51. The molecule has 0 aliphatic carbocycles. The number of oxazole rings is 1. The van der Waals surface area contributed by atoms with Gasteiger partial charge < -0.3 is 19.5 Å². The molecule has 198 valence electrons. The van der Waals surface area contributed by atoms with Crippen LogP contribution >= 0.6 is 0 Å². The molecule has 0 atom stereocenters. The number of nitrogens with zero attached hydrogens (tertiary/aromatic N) is 8. The number of piperazine rings is 1. The van der Waals surface area contributed by atoms with Crippen LogP contribution in [0.1, 0.15) is 22.1 Å². The van der Waals surface area contributed by atoms with E-state index in [1.807, 2.05) is 18.3 Å². The molecule has 0 unspecified atom stereocenters. The number of aryl methyl sites for hydroxylation is 2. The zero-order chi connectivity index (χ0) is 27.1. The molecule has 4 aromatic heterocycles. The van der Waals surface area contributed by atoms with Crippen molar-refractivity contribution in [2.24, 2.45) is 0 Å². The lowest BCUT2D eigenvalue weighted by molar-refractivity contribution is 0.0994. The number of amides is 1. The Balaban J connectivity index is 1.24. The molecular formula is C27H26FN9O2. The van der Waals surface area contributed by atoms with E-state index in [9.17, 15) is 9.18 Å². The lowest BCUT2D eigenvalue weighted by atomic mass is 10.1. The summed E-state index contributed by atoms with van der Waals surface area (Å²) in [6, 6.07) is 8.20. The maximum Gasteiger partial charge on any atom is 0.293 e. The molecule has 1 aliphatic rings. The Kier molecular flexibility index (Phi) is 6.23. The Bertz CT molecular complexity index is 1670. The van der Waals surface area contributed by atoms with Gasteiger partial charge in [0.1, 0.15) is 11.6 Å². The molecule has 6 rings (SSSR count). The van der Waals surface area contributed by atoms with Crippen molar-refractivity contribution in [3.8, 4) is 22.5 Å². The minimum atomic E-state index is -0.528. The summed E-state index contributed by atoms with van der Waals surface area (Å²) in [6.07, 6.45) is 5.29. The molecule has 0 radical (unpaired) electrons. The number of nitrogens with one attached hydrogen (secondary N) is 1. The van der Waals surface area contributed by atoms with E-state index < -0.39 is 11.7 Å². The highest BCUT2D eigenvalue weighted by Gasteiger charge is 2.19. The molecular weight excluding hydrogens is 501 g/mol. The van der Waals surface area contributed by atoms with Crippen molar-refractivity contribution < 1.29 is 13.6 Å². The molecule has 1 saturated heterocycles. The van der Waals surface area contributed by atoms with Gasteiger partial charge in [-0.15, -0.1) is 5.10 Å².